The number of carbonyl (C=O) groups is 2. The van der Waals surface area contributed by atoms with Crippen molar-refractivity contribution in [1.82, 2.24) is 4.90 Å². The standard InChI is InChI=1S/C21H22ClN3O3S/c1-4-13-7-5-6-8-15(13)24-21-25(2)20(27)18(29-21)12-19(26)23-16-11-14(22)9-10-17(16)28-3/h5-11,18H,4,12H2,1-3H3,(H,23,26)/t18-/m1/s1. The molecule has 0 aromatic heterocycles. The lowest BCUT2D eigenvalue weighted by atomic mass is 10.1. The van der Waals surface area contributed by atoms with Crippen LogP contribution in [0.5, 0.6) is 5.75 Å². The van der Waals surface area contributed by atoms with Crippen molar-refractivity contribution in [2.24, 2.45) is 4.99 Å². The number of para-hydroxylation sites is 1. The molecule has 0 aliphatic carbocycles. The van der Waals surface area contributed by atoms with Crippen molar-refractivity contribution >= 4 is 51.7 Å². The van der Waals surface area contributed by atoms with E-state index < -0.39 is 5.25 Å². The minimum absolute atomic E-state index is 0.0257. The summed E-state index contributed by atoms with van der Waals surface area (Å²) in [5, 5.41) is 3.32. The third kappa shape index (κ3) is 4.92. The van der Waals surface area contributed by atoms with Gasteiger partial charge in [0.25, 0.3) is 0 Å². The van der Waals surface area contributed by atoms with Gasteiger partial charge in [0.05, 0.1) is 18.5 Å². The van der Waals surface area contributed by atoms with Crippen molar-refractivity contribution in [2.45, 2.75) is 25.0 Å². The minimum atomic E-state index is -0.530. The van der Waals surface area contributed by atoms with Crippen LogP contribution < -0.4 is 10.1 Å². The molecule has 0 unspecified atom stereocenters. The summed E-state index contributed by atoms with van der Waals surface area (Å²) in [5.41, 5.74) is 2.42. The van der Waals surface area contributed by atoms with Gasteiger partial charge in [-0.2, -0.15) is 0 Å². The number of halogens is 1. The molecule has 152 valence electrons. The number of amides is 2. The Bertz CT molecular complexity index is 964. The maximum atomic E-state index is 12.6. The average molecular weight is 432 g/mol. The van der Waals surface area contributed by atoms with Crippen molar-refractivity contribution in [1.29, 1.82) is 0 Å². The molecule has 1 saturated heterocycles. The Kier molecular flexibility index (Phi) is 6.82. The number of aliphatic imine (C=N–C) groups is 1. The van der Waals surface area contributed by atoms with Gasteiger partial charge in [-0.15, -0.1) is 0 Å². The number of carbonyl (C=O) groups excluding carboxylic acids is 2. The second-order valence-electron chi connectivity index (χ2n) is 6.48. The van der Waals surface area contributed by atoms with Gasteiger partial charge >= 0.3 is 0 Å². The van der Waals surface area contributed by atoms with E-state index in [1.807, 2.05) is 24.3 Å². The first-order valence-corrected chi connectivity index (χ1v) is 10.4. The highest BCUT2D eigenvalue weighted by Gasteiger charge is 2.37. The first-order valence-electron chi connectivity index (χ1n) is 9.17. The van der Waals surface area contributed by atoms with Gasteiger partial charge < -0.3 is 10.1 Å². The molecule has 0 spiro atoms. The van der Waals surface area contributed by atoms with E-state index in [0.717, 1.165) is 17.7 Å². The van der Waals surface area contributed by atoms with E-state index in [4.69, 9.17) is 16.3 Å². The van der Waals surface area contributed by atoms with Crippen LogP contribution in [0.25, 0.3) is 0 Å². The number of hydrogen-bond donors (Lipinski definition) is 1. The van der Waals surface area contributed by atoms with Crippen molar-refractivity contribution in [3.63, 3.8) is 0 Å². The van der Waals surface area contributed by atoms with E-state index in [1.54, 1.807) is 25.2 Å². The molecule has 1 aliphatic rings. The van der Waals surface area contributed by atoms with Crippen molar-refractivity contribution in [3.05, 3.63) is 53.1 Å². The van der Waals surface area contributed by atoms with E-state index in [2.05, 4.69) is 17.2 Å². The van der Waals surface area contributed by atoms with E-state index in [9.17, 15) is 9.59 Å². The molecule has 0 bridgehead atoms. The Morgan fingerprint density at radius 1 is 1.31 bits per heavy atom. The first kappa shape index (κ1) is 21.2. The molecule has 2 aromatic rings. The topological polar surface area (TPSA) is 71.0 Å². The Labute approximate surface area is 179 Å². The largest absolute Gasteiger partial charge is 0.495 e. The zero-order chi connectivity index (χ0) is 21.0. The van der Waals surface area contributed by atoms with E-state index in [-0.39, 0.29) is 18.2 Å². The van der Waals surface area contributed by atoms with Crippen molar-refractivity contribution < 1.29 is 14.3 Å². The van der Waals surface area contributed by atoms with Crippen LogP contribution in [-0.4, -0.2) is 41.3 Å². The number of thioether (sulfide) groups is 1. The number of aryl methyl sites for hydroxylation is 1. The molecule has 2 amide bonds. The number of amidine groups is 1. The van der Waals surface area contributed by atoms with Crippen LogP contribution in [0.15, 0.2) is 47.5 Å². The SMILES string of the molecule is CCc1ccccc1N=C1S[C@H](CC(=O)Nc2cc(Cl)ccc2OC)C(=O)N1C. The van der Waals surface area contributed by atoms with Crippen LogP contribution >= 0.6 is 23.4 Å². The number of benzene rings is 2. The summed E-state index contributed by atoms with van der Waals surface area (Å²) in [7, 11) is 3.20. The second kappa shape index (κ2) is 9.33. The Hall–Kier alpha value is -2.51. The lowest BCUT2D eigenvalue weighted by molar-refractivity contribution is -0.127. The van der Waals surface area contributed by atoms with Crippen LogP contribution in [0, 0.1) is 0 Å². The maximum absolute atomic E-state index is 12.6. The van der Waals surface area contributed by atoms with Crippen LogP contribution in [0.2, 0.25) is 5.02 Å². The van der Waals surface area contributed by atoms with Gasteiger partial charge in [0.1, 0.15) is 11.0 Å². The van der Waals surface area contributed by atoms with Crippen LogP contribution in [0.1, 0.15) is 18.9 Å². The van der Waals surface area contributed by atoms with E-state index in [0.29, 0.717) is 21.6 Å². The first-order chi connectivity index (χ1) is 13.9. The smallest absolute Gasteiger partial charge is 0.242 e. The average Bonchev–Trinajstić information content (AvgIpc) is 2.96. The molecular formula is C21H22ClN3O3S. The summed E-state index contributed by atoms with van der Waals surface area (Å²) in [6, 6.07) is 12.8. The lowest BCUT2D eigenvalue weighted by Crippen LogP contribution is -2.30. The summed E-state index contributed by atoms with van der Waals surface area (Å²) in [4.78, 5) is 31.3. The van der Waals surface area contributed by atoms with Gasteiger partial charge in [-0.1, -0.05) is 48.5 Å². The van der Waals surface area contributed by atoms with Crippen molar-refractivity contribution in [3.8, 4) is 5.75 Å². The number of methoxy groups -OCH3 is 1. The zero-order valence-corrected chi connectivity index (χ0v) is 18.0. The lowest BCUT2D eigenvalue weighted by Gasteiger charge is -2.12. The summed E-state index contributed by atoms with van der Waals surface area (Å²) >= 11 is 7.30. The van der Waals surface area contributed by atoms with Crippen molar-refractivity contribution in [2.75, 3.05) is 19.5 Å². The Balaban J connectivity index is 1.72. The molecule has 8 heteroatoms. The number of nitrogens with one attached hydrogen (secondary N) is 1. The van der Waals surface area contributed by atoms with Gasteiger partial charge in [0.2, 0.25) is 11.8 Å². The quantitative estimate of drug-likeness (QED) is 0.730. The molecule has 1 aliphatic heterocycles. The Morgan fingerprint density at radius 2 is 2.07 bits per heavy atom. The fourth-order valence-electron chi connectivity index (χ4n) is 2.97. The zero-order valence-electron chi connectivity index (χ0n) is 16.4. The second-order valence-corrected chi connectivity index (χ2v) is 8.08. The summed E-state index contributed by atoms with van der Waals surface area (Å²) in [5.74, 6) is 0.0691. The maximum Gasteiger partial charge on any atom is 0.242 e. The molecule has 0 saturated carbocycles. The molecule has 3 rings (SSSR count). The number of nitrogens with zero attached hydrogens (tertiary/aromatic N) is 2. The van der Waals surface area contributed by atoms with E-state index in [1.165, 1.54) is 23.8 Å². The summed E-state index contributed by atoms with van der Waals surface area (Å²) < 4.78 is 5.24. The number of anilines is 1. The molecule has 1 heterocycles. The minimum Gasteiger partial charge on any atom is -0.495 e. The highest BCUT2D eigenvalue weighted by molar-refractivity contribution is 8.15. The molecule has 1 N–H and O–H groups in total. The third-order valence-electron chi connectivity index (χ3n) is 4.54. The molecule has 6 nitrogen and oxygen atoms in total. The normalized spacial score (nSPS) is 17.7. The molecule has 1 atom stereocenters. The molecule has 2 aromatic carbocycles. The van der Waals surface area contributed by atoms with Gasteiger partial charge in [-0.05, 0) is 36.2 Å². The molecule has 0 radical (unpaired) electrons. The van der Waals surface area contributed by atoms with Gasteiger partial charge in [-0.3, -0.25) is 14.5 Å². The summed E-state index contributed by atoms with van der Waals surface area (Å²) in [6.07, 6.45) is 0.876. The highest BCUT2D eigenvalue weighted by Crippen LogP contribution is 2.33. The fraction of sp³-hybridized carbons (Fsp3) is 0.286. The summed E-state index contributed by atoms with van der Waals surface area (Å²) in [6.45, 7) is 2.06. The third-order valence-corrected chi connectivity index (χ3v) is 6.00. The van der Waals surface area contributed by atoms with Gasteiger partial charge in [0.15, 0.2) is 5.17 Å². The highest BCUT2D eigenvalue weighted by atomic mass is 35.5. The van der Waals surface area contributed by atoms with E-state index >= 15 is 0 Å². The van der Waals surface area contributed by atoms with Gasteiger partial charge in [0, 0.05) is 18.5 Å². The monoisotopic (exact) mass is 431 g/mol. The number of hydrogen-bond acceptors (Lipinski definition) is 5. The van der Waals surface area contributed by atoms with Crippen LogP contribution in [0.4, 0.5) is 11.4 Å². The number of rotatable bonds is 6. The molecule has 1 fully saturated rings. The molecule has 29 heavy (non-hydrogen) atoms. The van der Waals surface area contributed by atoms with Crippen LogP contribution in [0.3, 0.4) is 0 Å². The molecular weight excluding hydrogens is 410 g/mol. The van der Waals surface area contributed by atoms with Crippen LogP contribution in [-0.2, 0) is 16.0 Å². The predicted molar refractivity (Wildman–Crippen MR) is 118 cm³/mol. The predicted octanol–water partition coefficient (Wildman–Crippen LogP) is 4.50. The fourth-order valence-corrected chi connectivity index (χ4v) is 4.29. The Morgan fingerprint density at radius 3 is 2.79 bits per heavy atom. The number of ether oxygens (including phenoxy) is 1. The van der Waals surface area contributed by atoms with Gasteiger partial charge in [-0.25, -0.2) is 4.99 Å².